The molecule has 5 nitrogen and oxygen atoms in total. The number of rotatable bonds is 5. The molecule has 0 radical (unpaired) electrons. The van der Waals surface area contributed by atoms with Crippen LogP contribution in [0.2, 0.25) is 0 Å². The van der Waals surface area contributed by atoms with Gasteiger partial charge in [-0.05, 0) is 31.7 Å². The molecule has 94 valence electrons. The van der Waals surface area contributed by atoms with Crippen LogP contribution in [0, 0.1) is 19.8 Å². The minimum absolute atomic E-state index is 0.223. The lowest BCUT2D eigenvalue weighted by atomic mass is 10.1. The summed E-state index contributed by atoms with van der Waals surface area (Å²) >= 11 is 0. The van der Waals surface area contributed by atoms with E-state index < -0.39 is 5.97 Å². The van der Waals surface area contributed by atoms with Crippen LogP contribution < -0.4 is 5.32 Å². The zero-order valence-corrected chi connectivity index (χ0v) is 10.7. The molecule has 0 aliphatic heterocycles. The molecule has 0 spiro atoms. The third-order valence-electron chi connectivity index (χ3n) is 2.68. The molecule has 5 heteroatoms. The maximum atomic E-state index is 11.2. The number of aromatic nitrogens is 2. The molecule has 0 fully saturated rings. The number of nitrogens with zero attached hydrogens (tertiary/aromatic N) is 2. The van der Waals surface area contributed by atoms with Crippen LogP contribution in [-0.2, 0) is 0 Å². The highest BCUT2D eigenvalue weighted by Crippen LogP contribution is 2.18. The number of carboxylic acid groups (broad SMARTS) is 1. The summed E-state index contributed by atoms with van der Waals surface area (Å²) in [4.78, 5) is 11.2. The first-order chi connectivity index (χ1) is 7.93. The van der Waals surface area contributed by atoms with Crippen molar-refractivity contribution in [3.05, 3.63) is 16.8 Å². The standard InChI is InChI=1S/C12H19N3O2/c1-7(2)5-6-13-11-10(12(16)17)8(3)9(4)14-15-11/h7H,5-6H2,1-4H3,(H,13,15)(H,16,17). The largest absolute Gasteiger partial charge is 0.478 e. The molecule has 1 aromatic heterocycles. The van der Waals surface area contributed by atoms with Crippen LogP contribution in [0.15, 0.2) is 0 Å². The fourth-order valence-corrected chi connectivity index (χ4v) is 1.47. The van der Waals surface area contributed by atoms with Gasteiger partial charge in [0.25, 0.3) is 0 Å². The van der Waals surface area contributed by atoms with E-state index in [1.54, 1.807) is 13.8 Å². The van der Waals surface area contributed by atoms with Crippen LogP contribution in [0.5, 0.6) is 0 Å². The minimum Gasteiger partial charge on any atom is -0.478 e. The monoisotopic (exact) mass is 237 g/mol. The molecule has 1 aromatic rings. The maximum absolute atomic E-state index is 11.2. The lowest BCUT2D eigenvalue weighted by Crippen LogP contribution is -2.14. The highest BCUT2D eigenvalue weighted by molar-refractivity contribution is 5.94. The van der Waals surface area contributed by atoms with Gasteiger partial charge in [-0.2, -0.15) is 5.10 Å². The van der Waals surface area contributed by atoms with Gasteiger partial charge in [0.2, 0.25) is 0 Å². The van der Waals surface area contributed by atoms with Gasteiger partial charge in [-0.15, -0.1) is 5.10 Å². The number of aromatic carboxylic acids is 1. The first-order valence-electron chi connectivity index (χ1n) is 5.74. The Kier molecular flexibility index (Phi) is 4.43. The predicted molar refractivity (Wildman–Crippen MR) is 66.4 cm³/mol. The van der Waals surface area contributed by atoms with Gasteiger partial charge in [-0.3, -0.25) is 0 Å². The van der Waals surface area contributed by atoms with Crippen molar-refractivity contribution in [2.75, 3.05) is 11.9 Å². The third-order valence-corrected chi connectivity index (χ3v) is 2.68. The average molecular weight is 237 g/mol. The highest BCUT2D eigenvalue weighted by atomic mass is 16.4. The Bertz CT molecular complexity index is 416. The van der Waals surface area contributed by atoms with E-state index in [1.807, 2.05) is 0 Å². The van der Waals surface area contributed by atoms with Crippen molar-refractivity contribution in [3.8, 4) is 0 Å². The summed E-state index contributed by atoms with van der Waals surface area (Å²) in [5.41, 5.74) is 1.54. The van der Waals surface area contributed by atoms with Crippen molar-refractivity contribution in [1.29, 1.82) is 0 Å². The van der Waals surface area contributed by atoms with Crippen LogP contribution in [-0.4, -0.2) is 27.8 Å². The smallest absolute Gasteiger partial charge is 0.339 e. The van der Waals surface area contributed by atoms with Crippen molar-refractivity contribution in [3.63, 3.8) is 0 Å². The Morgan fingerprint density at radius 1 is 1.35 bits per heavy atom. The number of carbonyl (C=O) groups is 1. The van der Waals surface area contributed by atoms with E-state index in [2.05, 4.69) is 29.4 Å². The van der Waals surface area contributed by atoms with E-state index in [-0.39, 0.29) is 5.56 Å². The number of nitrogens with one attached hydrogen (secondary N) is 1. The number of aryl methyl sites for hydroxylation is 1. The van der Waals surface area contributed by atoms with E-state index in [1.165, 1.54) is 0 Å². The molecule has 17 heavy (non-hydrogen) atoms. The first kappa shape index (κ1) is 13.4. The second kappa shape index (κ2) is 5.61. The Balaban J connectivity index is 2.91. The fourth-order valence-electron chi connectivity index (χ4n) is 1.47. The first-order valence-corrected chi connectivity index (χ1v) is 5.74. The normalized spacial score (nSPS) is 10.6. The molecular weight excluding hydrogens is 218 g/mol. The Morgan fingerprint density at radius 3 is 2.53 bits per heavy atom. The number of anilines is 1. The van der Waals surface area contributed by atoms with Crippen molar-refractivity contribution in [2.45, 2.75) is 34.1 Å². The molecule has 0 aliphatic rings. The van der Waals surface area contributed by atoms with Gasteiger partial charge < -0.3 is 10.4 Å². The Morgan fingerprint density at radius 2 is 2.00 bits per heavy atom. The second-order valence-electron chi connectivity index (χ2n) is 4.55. The molecule has 0 aromatic carbocycles. The van der Waals surface area contributed by atoms with Crippen LogP contribution in [0.4, 0.5) is 5.82 Å². The quantitative estimate of drug-likeness (QED) is 0.821. The van der Waals surface area contributed by atoms with Gasteiger partial charge in [0, 0.05) is 6.54 Å². The summed E-state index contributed by atoms with van der Waals surface area (Å²) in [7, 11) is 0. The van der Waals surface area contributed by atoms with E-state index in [0.29, 0.717) is 29.5 Å². The van der Waals surface area contributed by atoms with E-state index >= 15 is 0 Å². The summed E-state index contributed by atoms with van der Waals surface area (Å²) < 4.78 is 0. The van der Waals surface area contributed by atoms with E-state index in [4.69, 9.17) is 0 Å². The van der Waals surface area contributed by atoms with Gasteiger partial charge in [-0.25, -0.2) is 4.79 Å². The SMILES string of the molecule is Cc1nnc(NCCC(C)C)c(C(=O)O)c1C. The van der Waals surface area contributed by atoms with Gasteiger partial charge in [0.05, 0.1) is 5.69 Å². The minimum atomic E-state index is -0.965. The van der Waals surface area contributed by atoms with Gasteiger partial charge >= 0.3 is 5.97 Å². The van der Waals surface area contributed by atoms with Crippen molar-refractivity contribution in [1.82, 2.24) is 10.2 Å². The number of carboxylic acids is 1. The van der Waals surface area contributed by atoms with E-state index in [0.717, 1.165) is 6.42 Å². The summed E-state index contributed by atoms with van der Waals surface area (Å²) in [6.45, 7) is 8.45. The summed E-state index contributed by atoms with van der Waals surface area (Å²) in [5, 5.41) is 20.1. The zero-order valence-electron chi connectivity index (χ0n) is 10.7. The molecule has 2 N–H and O–H groups in total. The molecule has 0 unspecified atom stereocenters. The van der Waals surface area contributed by atoms with E-state index in [9.17, 15) is 9.90 Å². The van der Waals surface area contributed by atoms with Gasteiger partial charge in [0.15, 0.2) is 5.82 Å². The van der Waals surface area contributed by atoms with Crippen molar-refractivity contribution < 1.29 is 9.90 Å². The molecule has 0 atom stereocenters. The number of hydrogen-bond acceptors (Lipinski definition) is 4. The molecule has 1 rings (SSSR count). The fraction of sp³-hybridized carbons (Fsp3) is 0.583. The summed E-state index contributed by atoms with van der Waals surface area (Å²) in [5.74, 6) is -0.0379. The Labute approximate surface area is 101 Å². The maximum Gasteiger partial charge on any atom is 0.339 e. The van der Waals surface area contributed by atoms with Crippen LogP contribution in [0.1, 0.15) is 41.9 Å². The molecule has 0 amide bonds. The second-order valence-corrected chi connectivity index (χ2v) is 4.55. The van der Waals surface area contributed by atoms with Crippen LogP contribution in [0.3, 0.4) is 0 Å². The Hall–Kier alpha value is -1.65. The van der Waals surface area contributed by atoms with Gasteiger partial charge in [0.1, 0.15) is 5.56 Å². The topological polar surface area (TPSA) is 75.1 Å². The van der Waals surface area contributed by atoms with Crippen LogP contribution in [0.25, 0.3) is 0 Å². The predicted octanol–water partition coefficient (Wildman–Crippen LogP) is 2.25. The third kappa shape index (κ3) is 3.41. The molecule has 0 bridgehead atoms. The molecule has 1 heterocycles. The average Bonchev–Trinajstić information content (AvgIpc) is 2.22. The number of hydrogen-bond donors (Lipinski definition) is 2. The molecule has 0 saturated heterocycles. The van der Waals surface area contributed by atoms with Gasteiger partial charge in [-0.1, -0.05) is 13.8 Å². The van der Waals surface area contributed by atoms with Crippen molar-refractivity contribution in [2.24, 2.45) is 5.92 Å². The van der Waals surface area contributed by atoms with Crippen molar-refractivity contribution >= 4 is 11.8 Å². The summed E-state index contributed by atoms with van der Waals surface area (Å²) in [6, 6.07) is 0. The summed E-state index contributed by atoms with van der Waals surface area (Å²) in [6.07, 6.45) is 0.966. The lowest BCUT2D eigenvalue weighted by molar-refractivity contribution is 0.0696. The highest BCUT2D eigenvalue weighted by Gasteiger charge is 2.17. The zero-order chi connectivity index (χ0) is 13.0. The molecule has 0 aliphatic carbocycles. The molecule has 0 saturated carbocycles. The van der Waals surface area contributed by atoms with Crippen LogP contribution >= 0.6 is 0 Å². The lowest BCUT2D eigenvalue weighted by Gasteiger charge is -2.12. The molecular formula is C12H19N3O2.